The van der Waals surface area contributed by atoms with Crippen LogP contribution in [0.4, 0.5) is 11.4 Å². The lowest BCUT2D eigenvalue weighted by Crippen LogP contribution is -2.23. The Kier molecular flexibility index (Phi) is 6.18. The van der Waals surface area contributed by atoms with E-state index in [1.54, 1.807) is 12.1 Å². The molecule has 0 heterocycles. The number of hydrogen-bond acceptors (Lipinski definition) is 4. The Morgan fingerprint density at radius 1 is 1.00 bits per heavy atom. The molecular formula is C19H23N3O3S. The zero-order valence-electron chi connectivity index (χ0n) is 15.3. The Morgan fingerprint density at radius 2 is 1.65 bits per heavy atom. The van der Waals surface area contributed by atoms with Gasteiger partial charge in [-0.1, -0.05) is 30.3 Å². The van der Waals surface area contributed by atoms with Crippen LogP contribution in [0.5, 0.6) is 0 Å². The Labute approximate surface area is 154 Å². The van der Waals surface area contributed by atoms with Gasteiger partial charge in [0.25, 0.3) is 0 Å². The summed E-state index contributed by atoms with van der Waals surface area (Å²) in [5, 5.41) is 2.76. The van der Waals surface area contributed by atoms with Crippen molar-refractivity contribution in [1.29, 1.82) is 0 Å². The predicted octanol–water partition coefficient (Wildman–Crippen LogP) is 2.65. The summed E-state index contributed by atoms with van der Waals surface area (Å²) < 4.78 is 25.8. The van der Waals surface area contributed by atoms with Crippen LogP contribution in [-0.4, -0.2) is 46.8 Å². The number of nitrogens with one attached hydrogen (secondary N) is 1. The van der Waals surface area contributed by atoms with Gasteiger partial charge in [-0.2, -0.15) is 0 Å². The van der Waals surface area contributed by atoms with Crippen molar-refractivity contribution in [1.82, 2.24) is 4.31 Å². The van der Waals surface area contributed by atoms with Crippen LogP contribution in [0.1, 0.15) is 5.56 Å². The van der Waals surface area contributed by atoms with E-state index < -0.39 is 10.0 Å². The molecular weight excluding hydrogens is 350 g/mol. The maximum absolute atomic E-state index is 12.3. The normalized spacial score (nSPS) is 11.7. The molecule has 1 amide bonds. The van der Waals surface area contributed by atoms with Gasteiger partial charge in [-0.05, 0) is 29.8 Å². The van der Waals surface area contributed by atoms with Crippen molar-refractivity contribution < 1.29 is 13.2 Å². The molecule has 1 N–H and O–H groups in total. The molecule has 138 valence electrons. The first-order valence-electron chi connectivity index (χ1n) is 8.00. The lowest BCUT2D eigenvalue weighted by molar-refractivity contribution is -0.111. The Balaban J connectivity index is 2.31. The number of rotatable bonds is 6. The van der Waals surface area contributed by atoms with Crippen molar-refractivity contribution in [2.45, 2.75) is 4.90 Å². The van der Waals surface area contributed by atoms with E-state index in [0.29, 0.717) is 11.4 Å². The summed E-state index contributed by atoms with van der Waals surface area (Å²) in [6.07, 6.45) is 3.12. The number of anilines is 2. The monoisotopic (exact) mass is 373 g/mol. The SMILES string of the molecule is CN(C)c1ccc(S(=O)(=O)N(C)C)cc1NC(=O)/C=C/c1ccccc1. The van der Waals surface area contributed by atoms with Crippen molar-refractivity contribution in [3.63, 3.8) is 0 Å². The van der Waals surface area contributed by atoms with Gasteiger partial charge in [-0.15, -0.1) is 0 Å². The van der Waals surface area contributed by atoms with Crippen LogP contribution in [0.25, 0.3) is 6.08 Å². The van der Waals surface area contributed by atoms with Gasteiger partial charge in [0.15, 0.2) is 0 Å². The fourth-order valence-corrected chi connectivity index (χ4v) is 3.22. The molecule has 2 aromatic carbocycles. The maximum atomic E-state index is 12.3. The summed E-state index contributed by atoms with van der Waals surface area (Å²) in [4.78, 5) is 14.2. The summed E-state index contributed by atoms with van der Waals surface area (Å²) >= 11 is 0. The second-order valence-electron chi connectivity index (χ2n) is 6.09. The van der Waals surface area contributed by atoms with E-state index in [2.05, 4.69) is 5.32 Å². The number of nitrogens with zero attached hydrogens (tertiary/aromatic N) is 2. The van der Waals surface area contributed by atoms with Gasteiger partial charge in [-0.25, -0.2) is 12.7 Å². The quantitative estimate of drug-likeness (QED) is 0.791. The van der Waals surface area contributed by atoms with Crippen molar-refractivity contribution in [3.8, 4) is 0 Å². The number of carbonyl (C=O) groups is 1. The molecule has 0 spiro atoms. The molecule has 0 aliphatic carbocycles. The Bertz CT molecular complexity index is 905. The molecule has 0 bridgehead atoms. The molecule has 0 aliphatic rings. The second kappa shape index (κ2) is 8.16. The van der Waals surface area contributed by atoms with Crippen LogP contribution in [0.2, 0.25) is 0 Å². The van der Waals surface area contributed by atoms with E-state index in [-0.39, 0.29) is 10.8 Å². The summed E-state index contributed by atoms with van der Waals surface area (Å²) in [7, 11) is 3.00. The minimum Gasteiger partial charge on any atom is -0.376 e. The summed E-state index contributed by atoms with van der Waals surface area (Å²) in [6.45, 7) is 0. The highest BCUT2D eigenvalue weighted by atomic mass is 32.2. The summed E-state index contributed by atoms with van der Waals surface area (Å²) in [5.41, 5.74) is 2.05. The van der Waals surface area contributed by atoms with Gasteiger partial charge in [0.05, 0.1) is 16.3 Å². The van der Waals surface area contributed by atoms with Crippen LogP contribution in [0, 0.1) is 0 Å². The Morgan fingerprint density at radius 3 is 2.23 bits per heavy atom. The molecule has 0 aromatic heterocycles. The maximum Gasteiger partial charge on any atom is 0.248 e. The first-order chi connectivity index (χ1) is 12.2. The minimum absolute atomic E-state index is 0.121. The molecule has 0 fully saturated rings. The highest BCUT2D eigenvalue weighted by Crippen LogP contribution is 2.28. The molecule has 0 aliphatic heterocycles. The molecule has 26 heavy (non-hydrogen) atoms. The highest BCUT2D eigenvalue weighted by molar-refractivity contribution is 7.89. The smallest absolute Gasteiger partial charge is 0.248 e. The number of sulfonamides is 1. The van der Waals surface area contributed by atoms with Gasteiger partial charge >= 0.3 is 0 Å². The van der Waals surface area contributed by atoms with Crippen molar-refractivity contribution in [2.75, 3.05) is 38.4 Å². The molecule has 2 rings (SSSR count). The molecule has 0 saturated carbocycles. The molecule has 7 heteroatoms. The van der Waals surface area contributed by atoms with E-state index in [0.717, 1.165) is 9.87 Å². The third-order valence-electron chi connectivity index (χ3n) is 3.71. The number of benzene rings is 2. The topological polar surface area (TPSA) is 69.7 Å². The molecule has 0 atom stereocenters. The number of hydrogen-bond donors (Lipinski definition) is 1. The fourth-order valence-electron chi connectivity index (χ4n) is 2.29. The highest BCUT2D eigenvalue weighted by Gasteiger charge is 2.19. The van der Waals surface area contributed by atoms with Crippen LogP contribution in [0.3, 0.4) is 0 Å². The van der Waals surface area contributed by atoms with Crippen LogP contribution in [0.15, 0.2) is 59.5 Å². The van der Waals surface area contributed by atoms with Gasteiger partial charge < -0.3 is 10.2 Å². The van der Waals surface area contributed by atoms with Gasteiger partial charge in [-0.3, -0.25) is 4.79 Å². The van der Waals surface area contributed by atoms with E-state index in [1.807, 2.05) is 49.3 Å². The van der Waals surface area contributed by atoms with E-state index in [9.17, 15) is 13.2 Å². The summed E-state index contributed by atoms with van der Waals surface area (Å²) in [5.74, 6) is -0.337. The fraction of sp³-hybridized carbons (Fsp3) is 0.211. The zero-order chi connectivity index (χ0) is 19.3. The lowest BCUT2D eigenvalue weighted by Gasteiger charge is -2.19. The largest absolute Gasteiger partial charge is 0.376 e. The van der Waals surface area contributed by atoms with Crippen LogP contribution in [-0.2, 0) is 14.8 Å². The van der Waals surface area contributed by atoms with Crippen LogP contribution >= 0.6 is 0 Å². The van der Waals surface area contributed by atoms with Crippen molar-refractivity contribution >= 4 is 33.4 Å². The van der Waals surface area contributed by atoms with E-state index in [4.69, 9.17) is 0 Å². The molecule has 0 radical (unpaired) electrons. The second-order valence-corrected chi connectivity index (χ2v) is 8.25. The first-order valence-corrected chi connectivity index (χ1v) is 9.44. The van der Waals surface area contributed by atoms with Crippen molar-refractivity contribution in [3.05, 3.63) is 60.2 Å². The minimum atomic E-state index is -3.59. The summed E-state index contributed by atoms with van der Waals surface area (Å²) in [6, 6.07) is 14.1. The van der Waals surface area contributed by atoms with Crippen molar-refractivity contribution in [2.24, 2.45) is 0 Å². The van der Waals surface area contributed by atoms with E-state index >= 15 is 0 Å². The zero-order valence-corrected chi connectivity index (χ0v) is 16.1. The van der Waals surface area contributed by atoms with Gasteiger partial charge in [0.1, 0.15) is 0 Å². The number of amides is 1. The average Bonchev–Trinajstić information content (AvgIpc) is 2.60. The van der Waals surface area contributed by atoms with Gasteiger partial charge in [0, 0.05) is 34.3 Å². The molecule has 0 unspecified atom stereocenters. The third-order valence-corrected chi connectivity index (χ3v) is 5.52. The first kappa shape index (κ1) is 19.7. The average molecular weight is 373 g/mol. The predicted molar refractivity (Wildman–Crippen MR) is 106 cm³/mol. The lowest BCUT2D eigenvalue weighted by atomic mass is 10.2. The van der Waals surface area contributed by atoms with Crippen LogP contribution < -0.4 is 10.2 Å². The number of carbonyl (C=O) groups excluding carboxylic acids is 1. The standard InChI is InChI=1S/C19H23N3O3S/c1-21(2)18-12-11-16(26(24,25)22(3)4)14-17(18)20-19(23)13-10-15-8-6-5-7-9-15/h5-14H,1-4H3,(H,20,23)/b13-10+. The molecule has 0 saturated heterocycles. The Hall–Kier alpha value is -2.64. The molecule has 6 nitrogen and oxygen atoms in total. The van der Waals surface area contributed by atoms with E-state index in [1.165, 1.54) is 32.3 Å². The molecule has 2 aromatic rings. The van der Waals surface area contributed by atoms with Gasteiger partial charge in [0.2, 0.25) is 15.9 Å². The third kappa shape index (κ3) is 4.71.